The molecule has 1 fully saturated rings. The van der Waals surface area contributed by atoms with Gasteiger partial charge >= 0.3 is 0 Å². The van der Waals surface area contributed by atoms with Crippen molar-refractivity contribution in [2.75, 3.05) is 19.6 Å². The van der Waals surface area contributed by atoms with E-state index in [0.29, 0.717) is 17.2 Å². The molecule has 104 valence electrons. The molecule has 19 heavy (non-hydrogen) atoms. The van der Waals surface area contributed by atoms with Crippen molar-refractivity contribution in [1.82, 2.24) is 5.43 Å². The molecule has 0 aromatic heterocycles. The Morgan fingerprint density at radius 1 is 1.16 bits per heavy atom. The molecule has 0 bridgehead atoms. The Morgan fingerprint density at radius 2 is 1.74 bits per heavy atom. The summed E-state index contributed by atoms with van der Waals surface area (Å²) in [5, 5.41) is 0. The lowest BCUT2D eigenvalue weighted by Crippen LogP contribution is -2.34. The molecular weight excluding hydrogens is 244 g/mol. The van der Waals surface area contributed by atoms with Crippen molar-refractivity contribution in [3.63, 3.8) is 0 Å². The number of benzene rings is 1. The minimum absolute atomic E-state index is 0.0328. The van der Waals surface area contributed by atoms with Crippen LogP contribution in [-0.2, 0) is 4.79 Å². The monoisotopic (exact) mass is 264 g/mol. The predicted octanol–water partition coefficient (Wildman–Crippen LogP) is 2.34. The van der Waals surface area contributed by atoms with Gasteiger partial charge in [0.2, 0.25) is 5.91 Å². The molecule has 1 aliphatic rings. The van der Waals surface area contributed by atoms with Crippen LogP contribution >= 0.6 is 0 Å². The van der Waals surface area contributed by atoms with Crippen LogP contribution in [0.25, 0.3) is 0 Å². The van der Waals surface area contributed by atoms with Gasteiger partial charge < -0.3 is 9.47 Å². The van der Waals surface area contributed by atoms with Gasteiger partial charge in [-0.1, -0.05) is 18.9 Å². The average Bonchev–Trinajstić information content (AvgIpc) is 2.98. The third-order valence-electron chi connectivity index (χ3n) is 3.46. The number of carbonyl (C=O) groups is 1. The minimum Gasteiger partial charge on any atom is -0.494 e. The molecular formula is C14H20N2O3. The Balaban J connectivity index is 2.03. The zero-order valence-electron chi connectivity index (χ0n) is 11.4. The third-order valence-corrected chi connectivity index (χ3v) is 3.46. The number of hydrazine groups is 1. The van der Waals surface area contributed by atoms with Crippen molar-refractivity contribution in [1.29, 1.82) is 0 Å². The molecule has 0 atom stereocenters. The number of hydrogen-bond acceptors (Lipinski definition) is 4. The van der Waals surface area contributed by atoms with Gasteiger partial charge in [-0.3, -0.25) is 15.6 Å². The summed E-state index contributed by atoms with van der Waals surface area (Å²) < 4.78 is 10.5. The molecule has 1 aliphatic carbocycles. The van der Waals surface area contributed by atoms with Crippen LogP contribution in [0.5, 0.6) is 11.5 Å². The highest BCUT2D eigenvalue weighted by Gasteiger charge is 2.23. The topological polar surface area (TPSA) is 59.6 Å². The maximum Gasteiger partial charge on any atom is 0.241 e. The zero-order valence-corrected chi connectivity index (χ0v) is 11.4. The van der Waals surface area contributed by atoms with Crippen molar-refractivity contribution < 1.29 is 14.3 Å². The number of methoxy groups -OCH3 is 2. The SMILES string of the molecule is COc1cccc(OC)c1NNC(=O)C1CCCC1. The second-order valence-electron chi connectivity index (χ2n) is 4.63. The second-order valence-corrected chi connectivity index (χ2v) is 4.63. The normalized spacial score (nSPS) is 15.1. The molecule has 0 unspecified atom stereocenters. The fourth-order valence-corrected chi connectivity index (χ4v) is 2.39. The van der Waals surface area contributed by atoms with Gasteiger partial charge in [0.1, 0.15) is 17.2 Å². The summed E-state index contributed by atoms with van der Waals surface area (Å²) in [4.78, 5) is 12.0. The van der Waals surface area contributed by atoms with E-state index in [4.69, 9.17) is 9.47 Å². The highest BCUT2D eigenvalue weighted by Crippen LogP contribution is 2.33. The highest BCUT2D eigenvalue weighted by molar-refractivity contribution is 5.81. The molecule has 1 aromatic carbocycles. The van der Waals surface area contributed by atoms with Gasteiger partial charge in [-0.25, -0.2) is 0 Å². The predicted molar refractivity (Wildman–Crippen MR) is 73.3 cm³/mol. The molecule has 1 amide bonds. The van der Waals surface area contributed by atoms with Crippen molar-refractivity contribution in [2.24, 2.45) is 5.92 Å². The quantitative estimate of drug-likeness (QED) is 0.801. The van der Waals surface area contributed by atoms with Gasteiger partial charge in [-0.05, 0) is 25.0 Å². The standard InChI is InChI=1S/C14H20N2O3/c1-18-11-8-5-9-12(19-2)13(11)15-16-14(17)10-6-3-4-7-10/h5,8-10,15H,3-4,6-7H2,1-2H3,(H,16,17). The number of para-hydroxylation sites is 1. The first-order valence-electron chi connectivity index (χ1n) is 6.53. The van der Waals surface area contributed by atoms with E-state index < -0.39 is 0 Å². The van der Waals surface area contributed by atoms with E-state index in [2.05, 4.69) is 10.9 Å². The molecule has 5 heteroatoms. The Kier molecular flexibility index (Phi) is 4.49. The maximum absolute atomic E-state index is 12.0. The first kappa shape index (κ1) is 13.5. The lowest BCUT2D eigenvalue weighted by atomic mass is 10.1. The second kappa shape index (κ2) is 6.31. The van der Waals surface area contributed by atoms with E-state index in [1.165, 1.54) is 0 Å². The Bertz CT molecular complexity index is 420. The molecule has 1 aromatic rings. The Morgan fingerprint density at radius 3 is 2.26 bits per heavy atom. The van der Waals surface area contributed by atoms with E-state index in [-0.39, 0.29) is 11.8 Å². The van der Waals surface area contributed by atoms with Crippen LogP contribution in [0, 0.1) is 5.92 Å². The van der Waals surface area contributed by atoms with E-state index in [9.17, 15) is 4.79 Å². The molecule has 5 nitrogen and oxygen atoms in total. The summed E-state index contributed by atoms with van der Waals surface area (Å²) in [6.07, 6.45) is 4.21. The highest BCUT2D eigenvalue weighted by atomic mass is 16.5. The molecule has 2 N–H and O–H groups in total. The summed E-state index contributed by atoms with van der Waals surface area (Å²) >= 11 is 0. The van der Waals surface area contributed by atoms with Crippen LogP contribution in [-0.4, -0.2) is 20.1 Å². The zero-order chi connectivity index (χ0) is 13.7. The van der Waals surface area contributed by atoms with E-state index >= 15 is 0 Å². The summed E-state index contributed by atoms with van der Waals surface area (Å²) in [6, 6.07) is 5.46. The fraction of sp³-hybridized carbons (Fsp3) is 0.500. The Hall–Kier alpha value is -1.91. The molecule has 0 heterocycles. The van der Waals surface area contributed by atoms with E-state index in [0.717, 1.165) is 25.7 Å². The number of anilines is 1. The summed E-state index contributed by atoms with van der Waals surface area (Å²) in [7, 11) is 3.16. The van der Waals surface area contributed by atoms with Gasteiger partial charge in [-0.15, -0.1) is 0 Å². The smallest absolute Gasteiger partial charge is 0.241 e. The number of amides is 1. The molecule has 1 saturated carbocycles. The van der Waals surface area contributed by atoms with Crippen LogP contribution in [0.3, 0.4) is 0 Å². The average molecular weight is 264 g/mol. The first-order valence-corrected chi connectivity index (χ1v) is 6.53. The molecule has 0 spiro atoms. The summed E-state index contributed by atoms with van der Waals surface area (Å²) in [5.41, 5.74) is 6.29. The van der Waals surface area contributed by atoms with E-state index in [1.54, 1.807) is 14.2 Å². The van der Waals surface area contributed by atoms with E-state index in [1.807, 2.05) is 18.2 Å². The van der Waals surface area contributed by atoms with Crippen molar-refractivity contribution in [2.45, 2.75) is 25.7 Å². The Labute approximate surface area is 113 Å². The molecule has 0 saturated heterocycles. The number of nitrogens with one attached hydrogen (secondary N) is 2. The third kappa shape index (κ3) is 3.10. The number of ether oxygens (including phenoxy) is 2. The van der Waals surface area contributed by atoms with Gasteiger partial charge in [0.05, 0.1) is 14.2 Å². The van der Waals surface area contributed by atoms with Crippen LogP contribution in [0.1, 0.15) is 25.7 Å². The molecule has 0 radical (unpaired) electrons. The number of hydrogen-bond donors (Lipinski definition) is 2. The van der Waals surface area contributed by atoms with Gasteiger partial charge in [-0.2, -0.15) is 0 Å². The molecule has 2 rings (SSSR count). The van der Waals surface area contributed by atoms with Crippen LogP contribution < -0.4 is 20.3 Å². The van der Waals surface area contributed by atoms with Crippen LogP contribution in [0.4, 0.5) is 5.69 Å². The summed E-state index contributed by atoms with van der Waals surface area (Å²) in [5.74, 6) is 1.41. The molecule has 0 aliphatic heterocycles. The van der Waals surface area contributed by atoms with Gasteiger partial charge in [0.15, 0.2) is 0 Å². The van der Waals surface area contributed by atoms with Crippen molar-refractivity contribution in [3.8, 4) is 11.5 Å². The maximum atomic E-state index is 12.0. The number of rotatable bonds is 5. The lowest BCUT2D eigenvalue weighted by molar-refractivity contribution is -0.124. The summed E-state index contributed by atoms with van der Waals surface area (Å²) in [6.45, 7) is 0. The van der Waals surface area contributed by atoms with Gasteiger partial charge in [0, 0.05) is 5.92 Å². The van der Waals surface area contributed by atoms with Crippen LogP contribution in [0.15, 0.2) is 18.2 Å². The van der Waals surface area contributed by atoms with Gasteiger partial charge in [0.25, 0.3) is 0 Å². The lowest BCUT2D eigenvalue weighted by Gasteiger charge is -2.17. The van der Waals surface area contributed by atoms with Crippen molar-refractivity contribution in [3.05, 3.63) is 18.2 Å². The minimum atomic E-state index is 0.0328. The fourth-order valence-electron chi connectivity index (χ4n) is 2.39. The number of carbonyl (C=O) groups excluding carboxylic acids is 1. The van der Waals surface area contributed by atoms with Crippen LogP contribution in [0.2, 0.25) is 0 Å². The van der Waals surface area contributed by atoms with Crippen molar-refractivity contribution >= 4 is 11.6 Å². The first-order chi connectivity index (χ1) is 9.26. The largest absolute Gasteiger partial charge is 0.494 e.